The van der Waals surface area contributed by atoms with Gasteiger partial charge in [0.1, 0.15) is 5.41 Å². The van der Waals surface area contributed by atoms with Crippen molar-refractivity contribution in [3.63, 3.8) is 0 Å². The lowest BCUT2D eigenvalue weighted by Gasteiger charge is -2.36. The molecule has 0 unspecified atom stereocenters. The highest BCUT2D eigenvalue weighted by atomic mass is 16.2. The molecule has 1 amide bonds. The normalized spacial score (nSPS) is 17.7. The second kappa shape index (κ2) is 3.69. The molecular formula is C12H18N2O. The van der Waals surface area contributed by atoms with Gasteiger partial charge in [0, 0.05) is 12.1 Å². The molecule has 0 aromatic heterocycles. The van der Waals surface area contributed by atoms with Gasteiger partial charge in [-0.25, -0.2) is 0 Å². The van der Waals surface area contributed by atoms with E-state index in [0.29, 0.717) is 19.4 Å². The molecule has 0 aromatic carbocycles. The summed E-state index contributed by atoms with van der Waals surface area (Å²) >= 11 is 0. The van der Waals surface area contributed by atoms with Gasteiger partial charge in [-0.1, -0.05) is 6.08 Å². The highest BCUT2D eigenvalue weighted by Gasteiger charge is 2.53. The summed E-state index contributed by atoms with van der Waals surface area (Å²) in [6, 6.07) is 2.14. The van der Waals surface area contributed by atoms with Crippen LogP contribution in [-0.2, 0) is 4.79 Å². The Morgan fingerprint density at radius 1 is 1.60 bits per heavy atom. The van der Waals surface area contributed by atoms with E-state index in [1.807, 2.05) is 20.8 Å². The summed E-state index contributed by atoms with van der Waals surface area (Å²) in [5.74, 6) is -0.0441. The molecule has 3 heteroatoms. The first kappa shape index (κ1) is 11.8. The summed E-state index contributed by atoms with van der Waals surface area (Å²) in [5, 5.41) is 8.99. The fraction of sp³-hybridized carbons (Fsp3) is 0.667. The lowest BCUT2D eigenvalue weighted by atomic mass is 10.0. The fourth-order valence-corrected chi connectivity index (χ4v) is 1.55. The Hall–Kier alpha value is -1.30. The van der Waals surface area contributed by atoms with E-state index in [9.17, 15) is 4.79 Å². The van der Waals surface area contributed by atoms with E-state index in [4.69, 9.17) is 5.26 Å². The van der Waals surface area contributed by atoms with E-state index in [-0.39, 0.29) is 11.4 Å². The standard InChI is InChI=1S/C12H18N2O/c1-5-8-14(11(2,3)4)10(15)12(9-13)6-7-12/h5H,1,6-8H2,2-4H3. The van der Waals surface area contributed by atoms with Gasteiger partial charge in [0.2, 0.25) is 5.91 Å². The van der Waals surface area contributed by atoms with Crippen LogP contribution in [0.15, 0.2) is 12.7 Å². The number of hydrogen-bond donors (Lipinski definition) is 0. The highest BCUT2D eigenvalue weighted by Crippen LogP contribution is 2.47. The molecular weight excluding hydrogens is 188 g/mol. The third-order valence-electron chi connectivity index (χ3n) is 2.74. The maximum atomic E-state index is 12.2. The van der Waals surface area contributed by atoms with Crippen LogP contribution in [0.2, 0.25) is 0 Å². The monoisotopic (exact) mass is 206 g/mol. The quantitative estimate of drug-likeness (QED) is 0.664. The van der Waals surface area contributed by atoms with Crippen LogP contribution in [0.5, 0.6) is 0 Å². The smallest absolute Gasteiger partial charge is 0.243 e. The average molecular weight is 206 g/mol. The predicted octanol–water partition coefficient (Wildman–Crippen LogP) is 2.10. The van der Waals surface area contributed by atoms with E-state index < -0.39 is 5.41 Å². The Labute approximate surface area is 91.4 Å². The van der Waals surface area contributed by atoms with Crippen LogP contribution < -0.4 is 0 Å². The third-order valence-corrected chi connectivity index (χ3v) is 2.74. The molecule has 0 aromatic rings. The molecule has 82 valence electrons. The van der Waals surface area contributed by atoms with Gasteiger partial charge in [0.05, 0.1) is 6.07 Å². The van der Waals surface area contributed by atoms with Crippen LogP contribution in [-0.4, -0.2) is 22.9 Å². The summed E-state index contributed by atoms with van der Waals surface area (Å²) in [5.41, 5.74) is -0.978. The molecule has 0 spiro atoms. The minimum absolute atomic E-state index is 0.0441. The molecule has 0 aliphatic heterocycles. The van der Waals surface area contributed by atoms with Crippen molar-refractivity contribution in [1.82, 2.24) is 4.90 Å². The molecule has 0 atom stereocenters. The molecule has 0 saturated heterocycles. The molecule has 0 radical (unpaired) electrons. The summed E-state index contributed by atoms with van der Waals surface area (Å²) in [7, 11) is 0. The van der Waals surface area contributed by atoms with Crippen molar-refractivity contribution >= 4 is 5.91 Å². The molecule has 0 N–H and O–H groups in total. The van der Waals surface area contributed by atoms with Gasteiger partial charge < -0.3 is 4.90 Å². The number of hydrogen-bond acceptors (Lipinski definition) is 2. The largest absolute Gasteiger partial charge is 0.333 e. The SMILES string of the molecule is C=CCN(C(=O)C1(C#N)CC1)C(C)(C)C. The highest BCUT2D eigenvalue weighted by molar-refractivity contribution is 5.88. The van der Waals surface area contributed by atoms with Crippen molar-refractivity contribution in [2.75, 3.05) is 6.54 Å². The molecule has 1 saturated carbocycles. The van der Waals surface area contributed by atoms with Crippen LogP contribution in [0.1, 0.15) is 33.6 Å². The van der Waals surface area contributed by atoms with E-state index in [0.717, 1.165) is 0 Å². The average Bonchev–Trinajstić information content (AvgIpc) is 2.92. The van der Waals surface area contributed by atoms with E-state index in [1.165, 1.54) is 0 Å². The van der Waals surface area contributed by atoms with Crippen LogP contribution in [0.25, 0.3) is 0 Å². The third kappa shape index (κ3) is 2.20. The number of carbonyl (C=O) groups excluding carboxylic acids is 1. The zero-order valence-electron chi connectivity index (χ0n) is 9.71. The van der Waals surface area contributed by atoms with Gasteiger partial charge in [-0.15, -0.1) is 6.58 Å². The summed E-state index contributed by atoms with van der Waals surface area (Å²) in [6.45, 7) is 10.1. The van der Waals surface area contributed by atoms with Gasteiger partial charge in [-0.3, -0.25) is 4.79 Å². The Morgan fingerprint density at radius 2 is 2.13 bits per heavy atom. The van der Waals surface area contributed by atoms with Gasteiger partial charge >= 0.3 is 0 Å². The number of carbonyl (C=O) groups is 1. The molecule has 1 aliphatic rings. The first-order valence-corrected chi connectivity index (χ1v) is 5.21. The van der Waals surface area contributed by atoms with Crippen LogP contribution in [0.3, 0.4) is 0 Å². The lowest BCUT2D eigenvalue weighted by Crippen LogP contribution is -2.48. The Kier molecular flexibility index (Phi) is 2.90. The molecule has 1 aliphatic carbocycles. The summed E-state index contributed by atoms with van der Waals surface area (Å²) < 4.78 is 0. The molecule has 1 fully saturated rings. The minimum Gasteiger partial charge on any atom is -0.333 e. The molecule has 0 heterocycles. The second-order valence-corrected chi connectivity index (χ2v) is 5.07. The lowest BCUT2D eigenvalue weighted by molar-refractivity contribution is -0.139. The Balaban J connectivity index is 2.87. The Bertz CT molecular complexity index is 315. The van der Waals surface area contributed by atoms with Crippen molar-refractivity contribution in [3.05, 3.63) is 12.7 Å². The van der Waals surface area contributed by atoms with E-state index in [1.54, 1.807) is 11.0 Å². The zero-order valence-corrected chi connectivity index (χ0v) is 9.71. The maximum Gasteiger partial charge on any atom is 0.243 e. The molecule has 1 rings (SSSR count). The van der Waals surface area contributed by atoms with Crippen LogP contribution >= 0.6 is 0 Å². The Morgan fingerprint density at radius 3 is 2.40 bits per heavy atom. The first-order chi connectivity index (χ1) is 6.87. The fourth-order valence-electron chi connectivity index (χ4n) is 1.55. The summed E-state index contributed by atoms with van der Waals surface area (Å²) in [6.07, 6.45) is 3.11. The van der Waals surface area contributed by atoms with Crippen LogP contribution in [0, 0.1) is 16.7 Å². The van der Waals surface area contributed by atoms with Crippen molar-refractivity contribution in [2.45, 2.75) is 39.2 Å². The topological polar surface area (TPSA) is 44.1 Å². The number of nitriles is 1. The first-order valence-electron chi connectivity index (χ1n) is 5.21. The molecule has 15 heavy (non-hydrogen) atoms. The number of rotatable bonds is 3. The molecule has 0 bridgehead atoms. The van der Waals surface area contributed by atoms with Gasteiger partial charge in [-0.2, -0.15) is 5.26 Å². The van der Waals surface area contributed by atoms with Gasteiger partial charge in [0.25, 0.3) is 0 Å². The second-order valence-electron chi connectivity index (χ2n) is 5.07. The van der Waals surface area contributed by atoms with Crippen molar-refractivity contribution in [3.8, 4) is 6.07 Å². The maximum absolute atomic E-state index is 12.2. The van der Waals surface area contributed by atoms with Gasteiger partial charge in [0.15, 0.2) is 0 Å². The predicted molar refractivity (Wildman–Crippen MR) is 58.9 cm³/mol. The van der Waals surface area contributed by atoms with E-state index in [2.05, 4.69) is 12.6 Å². The zero-order chi connectivity index (χ0) is 11.7. The van der Waals surface area contributed by atoms with E-state index >= 15 is 0 Å². The van der Waals surface area contributed by atoms with Crippen molar-refractivity contribution in [1.29, 1.82) is 5.26 Å². The minimum atomic E-state index is -0.726. The van der Waals surface area contributed by atoms with Gasteiger partial charge in [-0.05, 0) is 33.6 Å². The number of nitrogens with zero attached hydrogens (tertiary/aromatic N) is 2. The van der Waals surface area contributed by atoms with Crippen molar-refractivity contribution < 1.29 is 4.79 Å². The molecule has 3 nitrogen and oxygen atoms in total. The van der Waals surface area contributed by atoms with Crippen molar-refractivity contribution in [2.24, 2.45) is 5.41 Å². The summed E-state index contributed by atoms with van der Waals surface area (Å²) in [4.78, 5) is 13.9. The number of amides is 1. The van der Waals surface area contributed by atoms with Crippen LogP contribution in [0.4, 0.5) is 0 Å².